The smallest absolute Gasteiger partial charge is 0.242 e. The largest absolute Gasteiger partial charge is 0.295 e. The summed E-state index contributed by atoms with van der Waals surface area (Å²) in [5, 5.41) is 0. The Kier molecular flexibility index (Phi) is 3.54. The third-order valence-electron chi connectivity index (χ3n) is 3.16. The average Bonchev–Trinajstić information content (AvgIpc) is 3.13. The molecule has 1 aliphatic carbocycles. The Bertz CT molecular complexity index is 561. The minimum atomic E-state index is -3.47. The van der Waals surface area contributed by atoms with Crippen molar-refractivity contribution in [1.82, 2.24) is 4.31 Å². The van der Waals surface area contributed by atoms with Crippen LogP contribution in [0, 0.1) is 5.92 Å². The second kappa shape index (κ2) is 4.82. The number of hydrogen-bond donors (Lipinski definition) is 0. The Balaban J connectivity index is 2.27. The van der Waals surface area contributed by atoms with Gasteiger partial charge in [0.05, 0.1) is 4.90 Å². The number of ketones is 1. The van der Waals surface area contributed by atoms with Crippen molar-refractivity contribution < 1.29 is 13.2 Å². The van der Waals surface area contributed by atoms with Crippen molar-refractivity contribution in [3.8, 4) is 0 Å². The minimum Gasteiger partial charge on any atom is -0.295 e. The summed E-state index contributed by atoms with van der Waals surface area (Å²) in [5.41, 5.74) is 0.427. The quantitative estimate of drug-likeness (QED) is 0.766. The van der Waals surface area contributed by atoms with Crippen molar-refractivity contribution >= 4 is 15.8 Å². The van der Waals surface area contributed by atoms with Gasteiger partial charge in [-0.2, -0.15) is 0 Å². The van der Waals surface area contributed by atoms with Gasteiger partial charge >= 0.3 is 0 Å². The maximum Gasteiger partial charge on any atom is 0.242 e. The molecule has 2 rings (SSSR count). The summed E-state index contributed by atoms with van der Waals surface area (Å²) >= 11 is 0. The van der Waals surface area contributed by atoms with Crippen molar-refractivity contribution in [3.63, 3.8) is 0 Å². The van der Waals surface area contributed by atoms with E-state index >= 15 is 0 Å². The molecule has 1 aromatic carbocycles. The summed E-state index contributed by atoms with van der Waals surface area (Å²) in [6.07, 6.45) is 2.21. The van der Waals surface area contributed by atoms with Gasteiger partial charge in [-0.3, -0.25) is 4.79 Å². The zero-order valence-corrected chi connectivity index (χ0v) is 11.4. The molecule has 0 N–H and O–H groups in total. The highest BCUT2D eigenvalue weighted by atomic mass is 32.2. The molecule has 98 valence electrons. The van der Waals surface area contributed by atoms with E-state index in [1.54, 1.807) is 19.2 Å². The molecule has 1 saturated carbocycles. The summed E-state index contributed by atoms with van der Waals surface area (Å²) in [5.74, 6) is 0.373. The van der Waals surface area contributed by atoms with Gasteiger partial charge in [-0.05, 0) is 37.8 Å². The van der Waals surface area contributed by atoms with Crippen molar-refractivity contribution in [2.75, 3.05) is 13.6 Å². The molecule has 18 heavy (non-hydrogen) atoms. The highest BCUT2D eigenvalue weighted by Crippen LogP contribution is 2.31. The van der Waals surface area contributed by atoms with Gasteiger partial charge in [0.25, 0.3) is 0 Å². The molecule has 5 heteroatoms. The van der Waals surface area contributed by atoms with Crippen LogP contribution in [0.5, 0.6) is 0 Å². The summed E-state index contributed by atoms with van der Waals surface area (Å²) < 4.78 is 25.9. The first-order chi connectivity index (χ1) is 8.41. The maximum atomic E-state index is 12.3. The van der Waals surface area contributed by atoms with Gasteiger partial charge in [0, 0.05) is 19.2 Å². The van der Waals surface area contributed by atoms with Gasteiger partial charge in [-0.15, -0.1) is 0 Å². The van der Waals surface area contributed by atoms with Crippen molar-refractivity contribution in [2.24, 2.45) is 5.92 Å². The molecule has 0 amide bonds. The summed E-state index contributed by atoms with van der Waals surface area (Å²) in [6, 6.07) is 6.21. The van der Waals surface area contributed by atoms with E-state index in [0.717, 1.165) is 12.8 Å². The van der Waals surface area contributed by atoms with Crippen LogP contribution in [0.2, 0.25) is 0 Å². The Morgan fingerprint density at radius 2 is 2.06 bits per heavy atom. The summed E-state index contributed by atoms with van der Waals surface area (Å²) in [4.78, 5) is 11.5. The number of sulfonamides is 1. The normalized spacial score (nSPS) is 15.9. The minimum absolute atomic E-state index is 0.128. The second-order valence-corrected chi connectivity index (χ2v) is 6.86. The molecule has 1 fully saturated rings. The van der Waals surface area contributed by atoms with Crippen molar-refractivity contribution in [2.45, 2.75) is 24.7 Å². The summed E-state index contributed by atoms with van der Waals surface area (Å²) in [7, 11) is -1.88. The van der Waals surface area contributed by atoms with Gasteiger partial charge in [0.15, 0.2) is 5.78 Å². The number of nitrogens with zero attached hydrogens (tertiary/aromatic N) is 1. The highest BCUT2D eigenvalue weighted by molar-refractivity contribution is 7.89. The molecular weight excluding hydrogens is 250 g/mol. The van der Waals surface area contributed by atoms with Gasteiger partial charge < -0.3 is 0 Å². The van der Waals surface area contributed by atoms with Crippen LogP contribution in [-0.4, -0.2) is 32.1 Å². The van der Waals surface area contributed by atoms with Gasteiger partial charge in [0.1, 0.15) is 0 Å². The van der Waals surface area contributed by atoms with Crippen LogP contribution in [-0.2, 0) is 10.0 Å². The third-order valence-corrected chi connectivity index (χ3v) is 4.98. The zero-order chi connectivity index (χ0) is 13.3. The van der Waals surface area contributed by atoms with Crippen LogP contribution >= 0.6 is 0 Å². The molecule has 0 heterocycles. The van der Waals surface area contributed by atoms with E-state index in [4.69, 9.17) is 0 Å². The van der Waals surface area contributed by atoms with Gasteiger partial charge in [-0.1, -0.05) is 12.1 Å². The SMILES string of the molecule is CC(=O)c1cccc(S(=O)(=O)N(C)CC2CC2)c1. The monoisotopic (exact) mass is 267 g/mol. The molecule has 1 aliphatic rings. The summed E-state index contributed by atoms with van der Waals surface area (Å²) in [6.45, 7) is 1.99. The molecule has 0 spiro atoms. The first kappa shape index (κ1) is 13.2. The average molecular weight is 267 g/mol. The molecule has 0 unspecified atom stereocenters. The zero-order valence-electron chi connectivity index (χ0n) is 10.6. The number of benzene rings is 1. The lowest BCUT2D eigenvalue weighted by atomic mass is 10.2. The van der Waals surface area contributed by atoms with Gasteiger partial charge in [-0.25, -0.2) is 12.7 Å². The molecule has 1 aromatic rings. The van der Waals surface area contributed by atoms with Crippen LogP contribution in [0.3, 0.4) is 0 Å². The maximum absolute atomic E-state index is 12.3. The molecule has 0 atom stereocenters. The molecule has 0 aromatic heterocycles. The number of hydrogen-bond acceptors (Lipinski definition) is 3. The molecule has 0 radical (unpaired) electrons. The van der Waals surface area contributed by atoms with E-state index < -0.39 is 10.0 Å². The standard InChI is InChI=1S/C13H17NO3S/c1-10(15)12-4-3-5-13(8-12)18(16,17)14(2)9-11-6-7-11/h3-5,8,11H,6-7,9H2,1-2H3. The predicted molar refractivity (Wildman–Crippen MR) is 69.0 cm³/mol. The topological polar surface area (TPSA) is 54.5 Å². The Morgan fingerprint density at radius 1 is 1.39 bits per heavy atom. The van der Waals surface area contributed by atoms with Crippen molar-refractivity contribution in [1.29, 1.82) is 0 Å². The second-order valence-electron chi connectivity index (χ2n) is 4.81. The molecule has 0 bridgehead atoms. The lowest BCUT2D eigenvalue weighted by molar-refractivity contribution is 0.101. The first-order valence-electron chi connectivity index (χ1n) is 5.98. The molecule has 0 aliphatic heterocycles. The first-order valence-corrected chi connectivity index (χ1v) is 7.42. The van der Waals surface area contributed by atoms with E-state index in [1.165, 1.54) is 23.4 Å². The van der Waals surface area contributed by atoms with E-state index in [-0.39, 0.29) is 10.7 Å². The van der Waals surface area contributed by atoms with Crippen LogP contribution in [0.1, 0.15) is 30.1 Å². The fraction of sp³-hybridized carbons (Fsp3) is 0.462. The van der Waals surface area contributed by atoms with Crippen LogP contribution < -0.4 is 0 Å². The number of carbonyl (C=O) groups excluding carboxylic acids is 1. The lowest BCUT2D eigenvalue weighted by Crippen LogP contribution is -2.29. The van der Waals surface area contributed by atoms with Crippen LogP contribution in [0.25, 0.3) is 0 Å². The Hall–Kier alpha value is -1.20. The number of Topliss-reactive ketones (excluding diaryl/α,β-unsaturated/α-hetero) is 1. The van der Waals surface area contributed by atoms with Crippen molar-refractivity contribution in [3.05, 3.63) is 29.8 Å². The van der Waals surface area contributed by atoms with E-state index in [0.29, 0.717) is 18.0 Å². The molecule has 4 nitrogen and oxygen atoms in total. The number of rotatable bonds is 5. The van der Waals surface area contributed by atoms with Crippen LogP contribution in [0.15, 0.2) is 29.2 Å². The lowest BCUT2D eigenvalue weighted by Gasteiger charge is -2.17. The van der Waals surface area contributed by atoms with E-state index in [9.17, 15) is 13.2 Å². The Morgan fingerprint density at radius 3 is 2.61 bits per heavy atom. The van der Waals surface area contributed by atoms with Crippen LogP contribution in [0.4, 0.5) is 0 Å². The fourth-order valence-corrected chi connectivity index (χ4v) is 3.11. The number of carbonyl (C=O) groups is 1. The van der Waals surface area contributed by atoms with E-state index in [1.807, 2.05) is 0 Å². The Labute approximate surface area is 108 Å². The molecule has 0 saturated heterocycles. The highest BCUT2D eigenvalue weighted by Gasteiger charge is 2.29. The van der Waals surface area contributed by atoms with Gasteiger partial charge in [0.2, 0.25) is 10.0 Å². The predicted octanol–water partition coefficient (Wildman–Crippen LogP) is 1.92. The fourth-order valence-electron chi connectivity index (χ4n) is 1.82. The molecular formula is C13H17NO3S. The third kappa shape index (κ3) is 2.79. The van der Waals surface area contributed by atoms with E-state index in [2.05, 4.69) is 0 Å².